The van der Waals surface area contributed by atoms with Gasteiger partial charge in [0.1, 0.15) is 6.10 Å². The number of aliphatic hydroxyl groups excluding tert-OH is 3. The molecule has 4 rings (SSSR count). The Morgan fingerprint density at radius 1 is 1.08 bits per heavy atom. The number of likely N-dealkylation sites (tertiary alicyclic amines) is 1. The van der Waals surface area contributed by atoms with Gasteiger partial charge in [-0.25, -0.2) is 4.98 Å². The lowest BCUT2D eigenvalue weighted by Gasteiger charge is -2.40. The number of piperidine rings is 2. The van der Waals surface area contributed by atoms with Crippen LogP contribution in [0, 0.1) is 5.92 Å². The number of thiazole rings is 1. The zero-order valence-corrected chi connectivity index (χ0v) is 15.0. The number of anilines is 1. The molecule has 1 aromatic heterocycles. The number of aliphatic hydroxyl groups is 3. The van der Waals surface area contributed by atoms with Crippen molar-refractivity contribution in [1.82, 2.24) is 9.88 Å². The summed E-state index contributed by atoms with van der Waals surface area (Å²) in [6.07, 6.45) is -0.489. The number of fused-ring (bicyclic) bond motifs is 1. The smallest absolute Gasteiger partial charge is 0.186 e. The second kappa shape index (κ2) is 7.17. The highest BCUT2D eigenvalue weighted by Crippen LogP contribution is 2.31. The molecule has 25 heavy (non-hydrogen) atoms. The fourth-order valence-electron chi connectivity index (χ4n) is 3.97. The molecule has 1 unspecified atom stereocenters. The third kappa shape index (κ3) is 3.66. The third-order valence-corrected chi connectivity index (χ3v) is 6.36. The Morgan fingerprint density at radius 3 is 2.60 bits per heavy atom. The van der Waals surface area contributed by atoms with Crippen LogP contribution in [0.1, 0.15) is 12.8 Å². The van der Waals surface area contributed by atoms with Gasteiger partial charge in [0, 0.05) is 32.7 Å². The number of hydrogen-bond acceptors (Lipinski definition) is 7. The van der Waals surface area contributed by atoms with Crippen LogP contribution >= 0.6 is 11.3 Å². The fraction of sp³-hybridized carbons (Fsp3) is 0.611. The van der Waals surface area contributed by atoms with Crippen molar-refractivity contribution < 1.29 is 15.3 Å². The topological polar surface area (TPSA) is 80.1 Å². The maximum atomic E-state index is 9.89. The Morgan fingerprint density at radius 2 is 1.84 bits per heavy atom. The van der Waals surface area contributed by atoms with E-state index in [4.69, 9.17) is 4.98 Å². The summed E-state index contributed by atoms with van der Waals surface area (Å²) in [5.41, 5.74) is 1.06. The molecule has 3 N–H and O–H groups in total. The first-order valence-electron chi connectivity index (χ1n) is 8.97. The first kappa shape index (κ1) is 17.2. The Balaban J connectivity index is 1.41. The van der Waals surface area contributed by atoms with E-state index in [1.165, 1.54) is 4.70 Å². The lowest BCUT2D eigenvalue weighted by atomic mass is 9.95. The second-order valence-corrected chi connectivity index (χ2v) is 8.27. The highest BCUT2D eigenvalue weighted by atomic mass is 32.1. The number of nitrogens with zero attached hydrogens (tertiary/aromatic N) is 3. The van der Waals surface area contributed by atoms with E-state index in [1.807, 2.05) is 12.1 Å². The van der Waals surface area contributed by atoms with Crippen molar-refractivity contribution in [3.63, 3.8) is 0 Å². The van der Waals surface area contributed by atoms with E-state index in [2.05, 4.69) is 21.9 Å². The molecule has 1 aromatic carbocycles. The molecule has 2 aromatic rings. The highest BCUT2D eigenvalue weighted by Gasteiger charge is 2.34. The van der Waals surface area contributed by atoms with E-state index in [0.717, 1.165) is 43.1 Å². The van der Waals surface area contributed by atoms with E-state index in [0.29, 0.717) is 19.0 Å². The van der Waals surface area contributed by atoms with Crippen LogP contribution < -0.4 is 4.90 Å². The van der Waals surface area contributed by atoms with Crippen LogP contribution in [0.2, 0.25) is 0 Å². The molecule has 3 heterocycles. The summed E-state index contributed by atoms with van der Waals surface area (Å²) in [6, 6.07) is 8.23. The standard InChI is InChI=1S/C18H25N3O3S/c22-14-10-20(11-15(23)17(14)24)8-12-4-3-7-21(9-12)18-19-13-5-1-2-6-16(13)25-18/h1-2,5-6,12,14-15,17,22-24H,3-4,7-11H2/t12-,14-,15+,17?/m1/s1. The SMILES string of the molecule is OC1[C@H](O)CN(C[C@H]2CCCN(c3nc4ccccc4s3)C2)C[C@@H]1O. The Hall–Kier alpha value is -1.25. The molecule has 0 bridgehead atoms. The van der Waals surface area contributed by atoms with Gasteiger partial charge in [-0.15, -0.1) is 0 Å². The summed E-state index contributed by atoms with van der Waals surface area (Å²) >= 11 is 1.74. The minimum absolute atomic E-state index is 0.426. The quantitative estimate of drug-likeness (QED) is 0.752. The van der Waals surface area contributed by atoms with Crippen LogP contribution in [-0.2, 0) is 0 Å². The predicted octanol–water partition coefficient (Wildman–Crippen LogP) is 0.911. The number of β-amino-alcohol motifs (C(OH)–C–C–N with tert-alkyl or cyclic N) is 2. The molecule has 6 nitrogen and oxygen atoms in total. The second-order valence-electron chi connectivity index (χ2n) is 7.26. The van der Waals surface area contributed by atoms with Crippen molar-refractivity contribution in [2.75, 3.05) is 37.6 Å². The van der Waals surface area contributed by atoms with Crippen molar-refractivity contribution in [2.24, 2.45) is 5.92 Å². The molecular weight excluding hydrogens is 338 g/mol. The molecule has 0 amide bonds. The molecule has 2 saturated heterocycles. The average molecular weight is 363 g/mol. The summed E-state index contributed by atoms with van der Waals surface area (Å²) < 4.78 is 1.22. The van der Waals surface area contributed by atoms with Gasteiger partial charge in [-0.3, -0.25) is 4.90 Å². The lowest BCUT2D eigenvalue weighted by molar-refractivity contribution is -0.112. The Labute approximate surface area is 151 Å². The highest BCUT2D eigenvalue weighted by molar-refractivity contribution is 7.22. The molecule has 0 saturated carbocycles. The Kier molecular flexibility index (Phi) is 4.92. The maximum Gasteiger partial charge on any atom is 0.186 e. The van der Waals surface area contributed by atoms with E-state index in [1.54, 1.807) is 11.3 Å². The van der Waals surface area contributed by atoms with Gasteiger partial charge in [0.15, 0.2) is 5.13 Å². The first-order chi connectivity index (χ1) is 12.1. The average Bonchev–Trinajstić information content (AvgIpc) is 3.04. The van der Waals surface area contributed by atoms with Gasteiger partial charge in [-0.1, -0.05) is 23.5 Å². The monoisotopic (exact) mass is 363 g/mol. The molecule has 2 fully saturated rings. The minimum atomic E-state index is -1.03. The van der Waals surface area contributed by atoms with Gasteiger partial charge in [0.05, 0.1) is 22.4 Å². The summed E-state index contributed by atoms with van der Waals surface area (Å²) in [7, 11) is 0. The molecule has 0 radical (unpaired) electrons. The van der Waals surface area contributed by atoms with Gasteiger partial charge in [0.2, 0.25) is 0 Å². The van der Waals surface area contributed by atoms with Crippen LogP contribution in [0.3, 0.4) is 0 Å². The number of rotatable bonds is 3. The maximum absolute atomic E-state index is 9.89. The minimum Gasteiger partial charge on any atom is -0.389 e. The molecule has 0 spiro atoms. The Bertz CT molecular complexity index is 679. The fourth-order valence-corrected chi connectivity index (χ4v) is 4.97. The number of benzene rings is 1. The van der Waals surface area contributed by atoms with Gasteiger partial charge in [-0.2, -0.15) is 0 Å². The summed E-state index contributed by atoms with van der Waals surface area (Å²) in [5, 5.41) is 30.5. The van der Waals surface area contributed by atoms with Crippen LogP contribution in [0.5, 0.6) is 0 Å². The zero-order chi connectivity index (χ0) is 17.4. The normalized spacial score (nSPS) is 31.6. The van der Waals surface area contributed by atoms with Crippen LogP contribution in [0.25, 0.3) is 10.2 Å². The lowest BCUT2D eigenvalue weighted by Crippen LogP contribution is -2.56. The molecule has 7 heteroatoms. The number of hydrogen-bond donors (Lipinski definition) is 3. The molecule has 2 aliphatic rings. The van der Waals surface area contributed by atoms with Crippen molar-refractivity contribution in [3.05, 3.63) is 24.3 Å². The van der Waals surface area contributed by atoms with Crippen LogP contribution in [-0.4, -0.2) is 76.2 Å². The third-order valence-electron chi connectivity index (χ3n) is 5.27. The van der Waals surface area contributed by atoms with E-state index in [-0.39, 0.29) is 0 Å². The van der Waals surface area contributed by atoms with E-state index >= 15 is 0 Å². The first-order valence-corrected chi connectivity index (χ1v) is 9.79. The van der Waals surface area contributed by atoms with Gasteiger partial charge in [-0.05, 0) is 30.9 Å². The van der Waals surface area contributed by atoms with Crippen molar-refractivity contribution >= 4 is 26.7 Å². The molecule has 4 atom stereocenters. The molecule has 0 aliphatic carbocycles. The zero-order valence-electron chi connectivity index (χ0n) is 14.2. The number of aromatic nitrogens is 1. The largest absolute Gasteiger partial charge is 0.389 e. The van der Waals surface area contributed by atoms with E-state index < -0.39 is 18.3 Å². The van der Waals surface area contributed by atoms with E-state index in [9.17, 15) is 15.3 Å². The summed E-state index contributed by atoms with van der Waals surface area (Å²) in [4.78, 5) is 9.21. The predicted molar refractivity (Wildman–Crippen MR) is 99.0 cm³/mol. The van der Waals surface area contributed by atoms with Crippen molar-refractivity contribution in [1.29, 1.82) is 0 Å². The molecule has 136 valence electrons. The van der Waals surface area contributed by atoms with Crippen molar-refractivity contribution in [3.8, 4) is 0 Å². The summed E-state index contributed by atoms with van der Waals surface area (Å²) in [6.45, 7) is 3.67. The van der Waals surface area contributed by atoms with Crippen LogP contribution in [0.4, 0.5) is 5.13 Å². The van der Waals surface area contributed by atoms with Gasteiger partial charge < -0.3 is 20.2 Å². The van der Waals surface area contributed by atoms with Gasteiger partial charge >= 0.3 is 0 Å². The molecule has 2 aliphatic heterocycles. The van der Waals surface area contributed by atoms with Crippen molar-refractivity contribution in [2.45, 2.75) is 31.2 Å². The molecular formula is C18H25N3O3S. The summed E-state index contributed by atoms with van der Waals surface area (Å²) in [5.74, 6) is 0.482. The van der Waals surface area contributed by atoms with Gasteiger partial charge in [0.25, 0.3) is 0 Å². The number of para-hydroxylation sites is 1. The van der Waals surface area contributed by atoms with Crippen LogP contribution in [0.15, 0.2) is 24.3 Å².